The summed E-state index contributed by atoms with van der Waals surface area (Å²) in [6.45, 7) is 0. The quantitative estimate of drug-likeness (QED) is 0.895. The minimum absolute atomic E-state index is 0.0644. The van der Waals surface area contributed by atoms with Crippen molar-refractivity contribution in [2.45, 2.75) is 25.3 Å². The van der Waals surface area contributed by atoms with E-state index in [0.29, 0.717) is 29.5 Å². The summed E-state index contributed by atoms with van der Waals surface area (Å²) < 4.78 is 5.36. The Hall–Kier alpha value is -1.30. The lowest BCUT2D eigenvalue weighted by atomic mass is 10.1. The number of carbonyl (C=O) groups is 2. The fourth-order valence-corrected chi connectivity index (χ4v) is 2.48. The van der Waals surface area contributed by atoms with Gasteiger partial charge in [0.05, 0.1) is 17.7 Å². The first-order valence-corrected chi connectivity index (χ1v) is 6.14. The first kappa shape index (κ1) is 12.2. The normalized spacial score (nSPS) is 23.6. The predicted octanol–water partition coefficient (Wildman–Crippen LogP) is 2.03. The summed E-state index contributed by atoms with van der Waals surface area (Å²) in [5.41, 5.74) is 0.434. The molecule has 1 heterocycles. The Bertz CT molecular complexity index is 442. The molecule has 0 radical (unpaired) electrons. The average Bonchev–Trinajstić information content (AvgIpc) is 2.86. The second kappa shape index (κ2) is 4.91. The number of nitrogens with one attached hydrogen (secondary N) is 1. The van der Waals surface area contributed by atoms with Crippen molar-refractivity contribution >= 4 is 27.8 Å². The van der Waals surface area contributed by atoms with E-state index in [0.717, 1.165) is 0 Å². The van der Waals surface area contributed by atoms with Crippen LogP contribution in [0, 0.1) is 5.92 Å². The molecule has 2 N–H and O–H groups in total. The molecule has 0 aromatic carbocycles. The van der Waals surface area contributed by atoms with Crippen molar-refractivity contribution in [3.05, 3.63) is 22.6 Å². The first-order chi connectivity index (χ1) is 8.08. The molecule has 0 bridgehead atoms. The Morgan fingerprint density at radius 3 is 2.76 bits per heavy atom. The summed E-state index contributed by atoms with van der Waals surface area (Å²) in [5, 5.41) is 11.7. The molecular formula is C11H12BrNO4. The molecule has 0 aliphatic heterocycles. The van der Waals surface area contributed by atoms with Gasteiger partial charge in [-0.05, 0) is 41.3 Å². The molecule has 1 amide bonds. The Labute approximate surface area is 106 Å². The van der Waals surface area contributed by atoms with E-state index in [2.05, 4.69) is 21.2 Å². The van der Waals surface area contributed by atoms with Crippen LogP contribution in [-0.4, -0.2) is 23.0 Å². The van der Waals surface area contributed by atoms with Gasteiger partial charge < -0.3 is 14.8 Å². The van der Waals surface area contributed by atoms with Gasteiger partial charge in [-0.15, -0.1) is 0 Å². The number of halogens is 1. The minimum Gasteiger partial charge on any atom is -0.481 e. The van der Waals surface area contributed by atoms with Gasteiger partial charge in [0.1, 0.15) is 0 Å². The largest absolute Gasteiger partial charge is 0.481 e. The number of hydrogen-bond donors (Lipinski definition) is 2. The molecule has 2 atom stereocenters. The van der Waals surface area contributed by atoms with Crippen LogP contribution < -0.4 is 5.32 Å². The summed E-state index contributed by atoms with van der Waals surface area (Å²) in [4.78, 5) is 22.6. The maximum atomic E-state index is 11.8. The fourth-order valence-electron chi connectivity index (χ4n) is 2.06. The zero-order chi connectivity index (χ0) is 12.4. The monoisotopic (exact) mass is 301 g/mol. The third-order valence-electron chi connectivity index (χ3n) is 2.98. The highest BCUT2D eigenvalue weighted by Crippen LogP contribution is 2.26. The van der Waals surface area contributed by atoms with Crippen molar-refractivity contribution in [2.75, 3.05) is 0 Å². The number of amides is 1. The van der Waals surface area contributed by atoms with Crippen molar-refractivity contribution in [1.82, 2.24) is 5.32 Å². The van der Waals surface area contributed by atoms with Crippen LogP contribution in [-0.2, 0) is 4.79 Å². The molecule has 0 spiro atoms. The van der Waals surface area contributed by atoms with E-state index >= 15 is 0 Å². The highest BCUT2D eigenvalue weighted by Gasteiger charge is 2.31. The molecule has 2 rings (SSSR count). The van der Waals surface area contributed by atoms with Crippen molar-refractivity contribution in [2.24, 2.45) is 5.92 Å². The molecule has 92 valence electrons. The van der Waals surface area contributed by atoms with Crippen molar-refractivity contribution in [1.29, 1.82) is 0 Å². The molecule has 1 fully saturated rings. The zero-order valence-corrected chi connectivity index (χ0v) is 10.6. The smallest absolute Gasteiger partial charge is 0.306 e. The third kappa shape index (κ3) is 2.69. The first-order valence-electron chi connectivity index (χ1n) is 5.34. The third-order valence-corrected chi connectivity index (χ3v) is 3.59. The standard InChI is InChI=1S/C11H12BrNO4/c12-9-8(3-4-17-9)10(14)13-7-2-1-6(5-7)11(15)16/h3-4,6-7H,1-2,5H2,(H,13,14)(H,15,16)/t6-,7+/m1/s1. The van der Waals surface area contributed by atoms with Gasteiger partial charge in [-0.3, -0.25) is 9.59 Å². The van der Waals surface area contributed by atoms with Crippen LogP contribution in [0.25, 0.3) is 0 Å². The van der Waals surface area contributed by atoms with Gasteiger partial charge in [-0.25, -0.2) is 0 Å². The summed E-state index contributed by atoms with van der Waals surface area (Å²) in [6, 6.07) is 1.51. The van der Waals surface area contributed by atoms with Gasteiger partial charge in [-0.1, -0.05) is 0 Å². The van der Waals surface area contributed by atoms with Gasteiger partial charge in [-0.2, -0.15) is 0 Å². The molecule has 0 unspecified atom stereocenters. The lowest BCUT2D eigenvalue weighted by Gasteiger charge is -2.11. The maximum Gasteiger partial charge on any atom is 0.306 e. The molecule has 1 saturated carbocycles. The fraction of sp³-hybridized carbons (Fsp3) is 0.455. The van der Waals surface area contributed by atoms with E-state index in [-0.39, 0.29) is 17.9 Å². The van der Waals surface area contributed by atoms with Crippen LogP contribution in [0.3, 0.4) is 0 Å². The van der Waals surface area contributed by atoms with Gasteiger partial charge in [0.15, 0.2) is 4.67 Å². The van der Waals surface area contributed by atoms with E-state index in [1.54, 1.807) is 6.07 Å². The van der Waals surface area contributed by atoms with E-state index in [1.165, 1.54) is 6.26 Å². The Morgan fingerprint density at radius 2 is 2.24 bits per heavy atom. The Kier molecular flexibility index (Phi) is 3.51. The SMILES string of the molecule is O=C(N[C@H]1CC[C@@H](C(=O)O)C1)c1ccoc1Br. The maximum absolute atomic E-state index is 11.8. The van der Waals surface area contributed by atoms with Crippen molar-refractivity contribution in [3.8, 4) is 0 Å². The van der Waals surface area contributed by atoms with E-state index in [1.807, 2.05) is 0 Å². The van der Waals surface area contributed by atoms with E-state index in [4.69, 9.17) is 9.52 Å². The Balaban J connectivity index is 1.93. The Morgan fingerprint density at radius 1 is 1.47 bits per heavy atom. The molecule has 1 aromatic heterocycles. The zero-order valence-electron chi connectivity index (χ0n) is 8.98. The molecule has 0 saturated heterocycles. The van der Waals surface area contributed by atoms with Gasteiger partial charge in [0, 0.05) is 6.04 Å². The predicted molar refractivity (Wildman–Crippen MR) is 62.6 cm³/mol. The van der Waals surface area contributed by atoms with Gasteiger partial charge >= 0.3 is 5.97 Å². The summed E-state index contributed by atoms with van der Waals surface area (Å²) in [5.74, 6) is -1.36. The molecule has 6 heteroatoms. The molecular weight excluding hydrogens is 290 g/mol. The van der Waals surface area contributed by atoms with Crippen LogP contribution in [0.1, 0.15) is 29.6 Å². The van der Waals surface area contributed by atoms with Crippen molar-refractivity contribution in [3.63, 3.8) is 0 Å². The number of carboxylic acid groups (broad SMARTS) is 1. The topological polar surface area (TPSA) is 79.5 Å². The highest BCUT2D eigenvalue weighted by atomic mass is 79.9. The molecule has 17 heavy (non-hydrogen) atoms. The van der Waals surface area contributed by atoms with Crippen LogP contribution in [0.4, 0.5) is 0 Å². The van der Waals surface area contributed by atoms with Crippen LogP contribution in [0.5, 0.6) is 0 Å². The summed E-state index contributed by atoms with van der Waals surface area (Å²) >= 11 is 3.13. The van der Waals surface area contributed by atoms with Crippen LogP contribution in [0.2, 0.25) is 0 Å². The second-order valence-corrected chi connectivity index (χ2v) is 4.85. The van der Waals surface area contributed by atoms with Crippen LogP contribution >= 0.6 is 15.9 Å². The minimum atomic E-state index is -0.786. The average molecular weight is 302 g/mol. The number of carbonyl (C=O) groups excluding carboxylic acids is 1. The van der Waals surface area contributed by atoms with E-state index < -0.39 is 5.97 Å². The number of carboxylic acids is 1. The highest BCUT2D eigenvalue weighted by molar-refractivity contribution is 9.10. The molecule has 1 aromatic rings. The van der Waals surface area contributed by atoms with Gasteiger partial charge in [0.2, 0.25) is 0 Å². The molecule has 5 nitrogen and oxygen atoms in total. The number of aliphatic carboxylic acids is 1. The van der Waals surface area contributed by atoms with Gasteiger partial charge in [0.25, 0.3) is 5.91 Å². The number of rotatable bonds is 3. The number of furan rings is 1. The van der Waals surface area contributed by atoms with E-state index in [9.17, 15) is 9.59 Å². The summed E-state index contributed by atoms with van der Waals surface area (Å²) in [7, 11) is 0. The lowest BCUT2D eigenvalue weighted by molar-refractivity contribution is -0.141. The number of hydrogen-bond acceptors (Lipinski definition) is 3. The van der Waals surface area contributed by atoms with Crippen LogP contribution in [0.15, 0.2) is 21.4 Å². The molecule has 1 aliphatic carbocycles. The lowest BCUT2D eigenvalue weighted by Crippen LogP contribution is -2.33. The second-order valence-electron chi connectivity index (χ2n) is 4.13. The molecule has 1 aliphatic rings. The summed E-state index contributed by atoms with van der Waals surface area (Å²) in [6.07, 6.45) is 3.25. The van der Waals surface area contributed by atoms with Crippen molar-refractivity contribution < 1.29 is 19.1 Å².